The molecule has 0 spiro atoms. The zero-order valence-corrected chi connectivity index (χ0v) is 17.3. The average Bonchev–Trinajstić information content (AvgIpc) is 3.05. The number of hydrogen-bond donors (Lipinski definition) is 0. The first-order chi connectivity index (χ1) is 15.0. The van der Waals surface area contributed by atoms with Crippen LogP contribution in [0.4, 0.5) is 0 Å². The average molecular weight is 385 g/mol. The second-order valence-corrected chi connectivity index (χ2v) is 8.05. The van der Waals surface area contributed by atoms with Crippen LogP contribution in [0.1, 0.15) is 32.1 Å². The molecule has 0 fully saturated rings. The Hall–Kier alpha value is -3.20. The number of fused-ring (bicyclic) bond motifs is 4. The molecule has 144 valence electrons. The molecule has 0 saturated heterocycles. The van der Waals surface area contributed by atoms with Crippen molar-refractivity contribution in [3.8, 4) is 11.3 Å². The van der Waals surface area contributed by atoms with Crippen molar-refractivity contribution in [2.24, 2.45) is 7.05 Å². The van der Waals surface area contributed by atoms with Gasteiger partial charge in [0.25, 0.3) is 0 Å². The van der Waals surface area contributed by atoms with Gasteiger partial charge in [-0.15, -0.1) is 0 Å². The number of furan rings is 1. The summed E-state index contributed by atoms with van der Waals surface area (Å²) in [4.78, 5) is 4.73. The number of hydrogen-bond acceptors (Lipinski definition) is 2. The normalized spacial score (nSPS) is 13.8. The Balaban J connectivity index is 1.85. The fraction of sp³-hybridized carbons (Fsp3) is 0.231. The number of benzene rings is 2. The summed E-state index contributed by atoms with van der Waals surface area (Å²) in [6.07, 6.45) is 1.71. The lowest BCUT2D eigenvalue weighted by Gasteiger charge is -2.07. The van der Waals surface area contributed by atoms with Crippen molar-refractivity contribution in [2.75, 3.05) is 0 Å². The van der Waals surface area contributed by atoms with Crippen LogP contribution in [0.3, 0.4) is 0 Å². The van der Waals surface area contributed by atoms with E-state index in [-0.39, 0.29) is 0 Å². The van der Waals surface area contributed by atoms with E-state index in [0.717, 1.165) is 60.9 Å². The number of pyridine rings is 2. The highest BCUT2D eigenvalue weighted by molar-refractivity contribution is 6.13. The van der Waals surface area contributed by atoms with Crippen LogP contribution in [0.2, 0.25) is 0 Å². The Morgan fingerprint density at radius 1 is 0.862 bits per heavy atom. The Labute approximate surface area is 174 Å². The van der Waals surface area contributed by atoms with Gasteiger partial charge in [0.15, 0.2) is 6.20 Å². The highest BCUT2D eigenvalue weighted by Gasteiger charge is 2.22. The molecule has 0 saturated carbocycles. The van der Waals surface area contributed by atoms with Gasteiger partial charge in [-0.2, -0.15) is 0 Å². The van der Waals surface area contributed by atoms with E-state index in [9.17, 15) is 0 Å². The van der Waals surface area contributed by atoms with Crippen molar-refractivity contribution in [3.05, 3.63) is 70.5 Å². The molecule has 0 atom stereocenters. The molecular formula is C26H25N2O+. The lowest BCUT2D eigenvalue weighted by Crippen LogP contribution is -2.31. The first kappa shape index (κ1) is 14.7. The largest absolute Gasteiger partial charge is 0.455 e. The molecule has 3 nitrogen and oxygen atoms in total. The molecule has 5 aromatic rings. The fourth-order valence-electron chi connectivity index (χ4n) is 4.31. The first-order valence-corrected chi connectivity index (χ1v) is 9.79. The molecule has 0 bridgehead atoms. The standard InChI is InChI=1S/C26H25N2O/c1-14-7-8-19-21-11-22-20(16(3)9-18(5)27-22)12-24(21)29-26(19)25(14)23-10-15(2)17(4)13-28(23)6/h7-13H,1-6H3/q+1/i4D3. The fourth-order valence-corrected chi connectivity index (χ4v) is 4.31. The molecule has 0 N–H and O–H groups in total. The van der Waals surface area contributed by atoms with Crippen LogP contribution in [0.5, 0.6) is 0 Å². The minimum atomic E-state index is -2.15. The summed E-state index contributed by atoms with van der Waals surface area (Å²) in [5, 5.41) is 3.15. The predicted molar refractivity (Wildman–Crippen MR) is 119 cm³/mol. The van der Waals surface area contributed by atoms with Gasteiger partial charge in [-0.25, -0.2) is 4.57 Å². The van der Waals surface area contributed by atoms with Crippen molar-refractivity contribution >= 4 is 32.8 Å². The van der Waals surface area contributed by atoms with Gasteiger partial charge < -0.3 is 4.42 Å². The number of nitrogens with zero attached hydrogens (tertiary/aromatic N) is 2. The van der Waals surface area contributed by atoms with E-state index in [4.69, 9.17) is 13.5 Å². The van der Waals surface area contributed by atoms with Gasteiger partial charge in [0.2, 0.25) is 5.69 Å². The second-order valence-electron chi connectivity index (χ2n) is 8.05. The van der Waals surface area contributed by atoms with Crippen LogP contribution >= 0.6 is 0 Å². The molecule has 2 aromatic carbocycles. The first-order valence-electron chi connectivity index (χ1n) is 11.3. The summed E-state index contributed by atoms with van der Waals surface area (Å²) in [5.41, 5.74) is 8.84. The summed E-state index contributed by atoms with van der Waals surface area (Å²) in [6, 6.07) is 12.4. The highest BCUT2D eigenvalue weighted by atomic mass is 16.3. The van der Waals surface area contributed by atoms with Crippen LogP contribution in [-0.4, -0.2) is 4.98 Å². The van der Waals surface area contributed by atoms with E-state index in [1.807, 2.05) is 31.5 Å². The van der Waals surface area contributed by atoms with Gasteiger partial charge in [-0.05, 0) is 69.4 Å². The Kier molecular flexibility index (Phi) is 3.13. The molecular weight excluding hydrogens is 356 g/mol. The maximum atomic E-state index is 7.83. The van der Waals surface area contributed by atoms with Crippen molar-refractivity contribution in [3.63, 3.8) is 0 Å². The lowest BCUT2D eigenvalue weighted by molar-refractivity contribution is -0.660. The summed E-state index contributed by atoms with van der Waals surface area (Å²) >= 11 is 0. The van der Waals surface area contributed by atoms with Crippen molar-refractivity contribution in [1.29, 1.82) is 0 Å². The molecule has 3 heterocycles. The molecule has 3 aromatic heterocycles. The van der Waals surface area contributed by atoms with E-state index in [0.29, 0.717) is 5.56 Å². The Bertz CT molecular complexity index is 1560. The van der Waals surface area contributed by atoms with E-state index < -0.39 is 6.85 Å². The number of rotatable bonds is 1. The topological polar surface area (TPSA) is 29.9 Å². The SMILES string of the molecule is [2H]C([2H])([2H])c1c[n+](C)c(-c2c(C)ccc3c2oc2cc4c(C)cc(C)nc4cc23)cc1C. The monoisotopic (exact) mass is 384 g/mol. The Morgan fingerprint density at radius 2 is 1.69 bits per heavy atom. The van der Waals surface area contributed by atoms with Gasteiger partial charge >= 0.3 is 0 Å². The summed E-state index contributed by atoms with van der Waals surface area (Å²) in [6.45, 7) is 5.86. The third kappa shape index (κ3) is 2.65. The molecule has 0 aliphatic heterocycles. The molecule has 0 unspecified atom stereocenters. The van der Waals surface area contributed by atoms with Crippen LogP contribution < -0.4 is 4.57 Å². The van der Waals surface area contributed by atoms with E-state index in [1.54, 1.807) is 6.20 Å². The molecule has 0 radical (unpaired) electrons. The van der Waals surface area contributed by atoms with E-state index >= 15 is 0 Å². The zero-order chi connectivity index (χ0) is 22.9. The van der Waals surface area contributed by atoms with Gasteiger partial charge in [0.1, 0.15) is 18.2 Å². The number of aromatic nitrogens is 2. The van der Waals surface area contributed by atoms with E-state index in [1.165, 1.54) is 5.56 Å². The van der Waals surface area contributed by atoms with Gasteiger partial charge in [-0.1, -0.05) is 12.1 Å². The van der Waals surface area contributed by atoms with E-state index in [2.05, 4.69) is 44.2 Å². The molecule has 0 aliphatic rings. The number of aryl methyl sites for hydroxylation is 6. The third-order valence-corrected chi connectivity index (χ3v) is 5.85. The summed E-state index contributed by atoms with van der Waals surface area (Å²) in [5.74, 6) is 0. The van der Waals surface area contributed by atoms with Crippen molar-refractivity contribution in [2.45, 2.75) is 34.5 Å². The lowest BCUT2D eigenvalue weighted by atomic mass is 9.98. The van der Waals surface area contributed by atoms with Gasteiger partial charge in [-0.3, -0.25) is 4.98 Å². The Morgan fingerprint density at radius 3 is 2.48 bits per heavy atom. The van der Waals surface area contributed by atoms with Crippen LogP contribution in [-0.2, 0) is 7.05 Å². The highest BCUT2D eigenvalue weighted by Crippen LogP contribution is 2.38. The van der Waals surface area contributed by atoms with Crippen molar-refractivity contribution < 1.29 is 13.1 Å². The minimum absolute atomic E-state index is 0.362. The maximum Gasteiger partial charge on any atom is 0.216 e. The molecule has 0 aliphatic carbocycles. The van der Waals surface area contributed by atoms with Crippen molar-refractivity contribution in [1.82, 2.24) is 4.98 Å². The second kappa shape index (κ2) is 6.15. The zero-order valence-electron chi connectivity index (χ0n) is 20.3. The predicted octanol–water partition coefficient (Wildman–Crippen LogP) is 6.17. The smallest absolute Gasteiger partial charge is 0.216 e. The quantitative estimate of drug-likeness (QED) is 0.324. The van der Waals surface area contributed by atoms with Crippen LogP contribution in [0.25, 0.3) is 44.1 Å². The summed E-state index contributed by atoms with van der Waals surface area (Å²) < 4.78 is 31.8. The minimum Gasteiger partial charge on any atom is -0.455 e. The summed E-state index contributed by atoms with van der Waals surface area (Å²) in [7, 11) is 1.88. The van der Waals surface area contributed by atoms with Gasteiger partial charge in [0, 0.05) is 37.6 Å². The third-order valence-electron chi connectivity index (χ3n) is 5.85. The molecule has 3 heteroatoms. The molecule has 5 rings (SSSR count). The van der Waals surface area contributed by atoms with Crippen LogP contribution in [0, 0.1) is 34.5 Å². The molecule has 29 heavy (non-hydrogen) atoms. The van der Waals surface area contributed by atoms with Crippen LogP contribution in [0.15, 0.2) is 47.0 Å². The molecule has 0 amide bonds. The maximum absolute atomic E-state index is 7.83. The van der Waals surface area contributed by atoms with Gasteiger partial charge in [0.05, 0.1) is 11.1 Å².